The van der Waals surface area contributed by atoms with Crippen LogP contribution in [0.5, 0.6) is 0 Å². The number of hydrogen-bond acceptors (Lipinski definition) is 3. The van der Waals surface area contributed by atoms with E-state index >= 15 is 0 Å². The smallest absolute Gasteiger partial charge is 0.0120 e. The van der Waals surface area contributed by atoms with Crippen molar-refractivity contribution in [1.82, 2.24) is 14.7 Å². The second-order valence-electron chi connectivity index (χ2n) is 7.39. The fourth-order valence-corrected chi connectivity index (χ4v) is 3.85. The molecular weight excluding hydrogens is 246 g/mol. The molecule has 118 valence electrons. The number of rotatable bonds is 4. The molecule has 2 heterocycles. The number of nitrogens with zero attached hydrogens (tertiary/aromatic N) is 3. The molecule has 2 fully saturated rings. The monoisotopic (exact) mass is 281 g/mol. The SMILES string of the molecule is CC(C)N1CCC(N2CCC(N(C)C(C)C)CC2)CC1. The third-order valence-electron chi connectivity index (χ3n) is 5.64. The molecule has 0 aromatic heterocycles. The first kappa shape index (κ1) is 16.3. The Balaban J connectivity index is 1.75. The minimum atomic E-state index is 0.681. The normalized spacial score (nSPS) is 25.2. The van der Waals surface area contributed by atoms with E-state index in [-0.39, 0.29) is 0 Å². The van der Waals surface area contributed by atoms with Crippen molar-refractivity contribution in [2.75, 3.05) is 33.2 Å². The first-order valence-corrected chi connectivity index (χ1v) is 8.69. The van der Waals surface area contributed by atoms with Crippen LogP contribution in [0.15, 0.2) is 0 Å². The molecule has 0 unspecified atom stereocenters. The largest absolute Gasteiger partial charge is 0.301 e. The van der Waals surface area contributed by atoms with Crippen molar-refractivity contribution in [3.8, 4) is 0 Å². The number of piperidine rings is 2. The van der Waals surface area contributed by atoms with Crippen LogP contribution in [0, 0.1) is 0 Å². The van der Waals surface area contributed by atoms with Gasteiger partial charge in [0.1, 0.15) is 0 Å². The minimum absolute atomic E-state index is 0.681. The molecule has 0 spiro atoms. The van der Waals surface area contributed by atoms with Crippen LogP contribution in [0.2, 0.25) is 0 Å². The van der Waals surface area contributed by atoms with E-state index in [1.165, 1.54) is 51.9 Å². The van der Waals surface area contributed by atoms with Crippen LogP contribution in [0.4, 0.5) is 0 Å². The molecule has 0 radical (unpaired) electrons. The molecule has 0 N–H and O–H groups in total. The summed E-state index contributed by atoms with van der Waals surface area (Å²) >= 11 is 0. The van der Waals surface area contributed by atoms with Gasteiger partial charge in [-0.05, 0) is 86.6 Å². The van der Waals surface area contributed by atoms with Gasteiger partial charge in [0.2, 0.25) is 0 Å². The van der Waals surface area contributed by atoms with E-state index in [9.17, 15) is 0 Å². The van der Waals surface area contributed by atoms with E-state index in [1.807, 2.05) is 0 Å². The molecule has 2 rings (SSSR count). The topological polar surface area (TPSA) is 9.72 Å². The quantitative estimate of drug-likeness (QED) is 0.784. The molecule has 2 aliphatic rings. The summed E-state index contributed by atoms with van der Waals surface area (Å²) in [5.41, 5.74) is 0. The van der Waals surface area contributed by atoms with Gasteiger partial charge in [0.15, 0.2) is 0 Å². The van der Waals surface area contributed by atoms with Gasteiger partial charge < -0.3 is 14.7 Å². The van der Waals surface area contributed by atoms with E-state index in [0.29, 0.717) is 6.04 Å². The van der Waals surface area contributed by atoms with Crippen molar-refractivity contribution in [3.63, 3.8) is 0 Å². The van der Waals surface area contributed by atoms with Gasteiger partial charge in [0.25, 0.3) is 0 Å². The summed E-state index contributed by atoms with van der Waals surface area (Å²) in [6.07, 6.45) is 5.48. The first-order chi connectivity index (χ1) is 9.49. The Labute approximate surface area is 126 Å². The van der Waals surface area contributed by atoms with E-state index in [2.05, 4.69) is 49.4 Å². The maximum atomic E-state index is 2.78. The number of likely N-dealkylation sites (tertiary alicyclic amines) is 2. The van der Waals surface area contributed by atoms with Gasteiger partial charge in [0.05, 0.1) is 0 Å². The third-order valence-corrected chi connectivity index (χ3v) is 5.64. The molecule has 20 heavy (non-hydrogen) atoms. The summed E-state index contributed by atoms with van der Waals surface area (Å²) in [7, 11) is 2.30. The molecule has 2 saturated heterocycles. The molecule has 0 aromatic rings. The highest BCUT2D eigenvalue weighted by Crippen LogP contribution is 2.24. The van der Waals surface area contributed by atoms with Gasteiger partial charge in [-0.1, -0.05) is 0 Å². The zero-order valence-electron chi connectivity index (χ0n) is 14.3. The van der Waals surface area contributed by atoms with Gasteiger partial charge in [-0.2, -0.15) is 0 Å². The average Bonchev–Trinajstić information content (AvgIpc) is 2.46. The summed E-state index contributed by atoms with van der Waals surface area (Å²) in [6.45, 7) is 14.5. The van der Waals surface area contributed by atoms with Crippen LogP contribution in [0.25, 0.3) is 0 Å². The molecule has 2 aliphatic heterocycles. The molecule has 3 heteroatoms. The summed E-state index contributed by atoms with van der Waals surface area (Å²) in [5.74, 6) is 0. The summed E-state index contributed by atoms with van der Waals surface area (Å²) < 4.78 is 0. The van der Waals surface area contributed by atoms with Crippen molar-refractivity contribution < 1.29 is 0 Å². The third kappa shape index (κ3) is 3.96. The summed E-state index contributed by atoms with van der Waals surface area (Å²) in [4.78, 5) is 7.98. The fourth-order valence-electron chi connectivity index (χ4n) is 3.85. The zero-order chi connectivity index (χ0) is 14.7. The Bertz CT molecular complexity index is 274. The van der Waals surface area contributed by atoms with Crippen LogP contribution in [-0.2, 0) is 0 Å². The lowest BCUT2D eigenvalue weighted by molar-refractivity contribution is 0.0481. The Morgan fingerprint density at radius 1 is 0.850 bits per heavy atom. The predicted octanol–water partition coefficient (Wildman–Crippen LogP) is 2.66. The average molecular weight is 281 g/mol. The second-order valence-corrected chi connectivity index (χ2v) is 7.39. The minimum Gasteiger partial charge on any atom is -0.301 e. The Hall–Kier alpha value is -0.120. The predicted molar refractivity (Wildman–Crippen MR) is 87.2 cm³/mol. The van der Waals surface area contributed by atoms with Crippen LogP contribution >= 0.6 is 0 Å². The van der Waals surface area contributed by atoms with Crippen LogP contribution in [-0.4, -0.2) is 72.1 Å². The maximum Gasteiger partial charge on any atom is 0.0120 e. The first-order valence-electron chi connectivity index (χ1n) is 8.69. The van der Waals surface area contributed by atoms with E-state index < -0.39 is 0 Å². The highest BCUT2D eigenvalue weighted by Gasteiger charge is 2.30. The van der Waals surface area contributed by atoms with E-state index in [0.717, 1.165) is 18.1 Å². The van der Waals surface area contributed by atoms with Crippen molar-refractivity contribution in [3.05, 3.63) is 0 Å². The summed E-state index contributed by atoms with van der Waals surface area (Å²) in [5, 5.41) is 0. The lowest BCUT2D eigenvalue weighted by atomic mass is 9.96. The molecule has 3 nitrogen and oxygen atoms in total. The van der Waals surface area contributed by atoms with Gasteiger partial charge >= 0.3 is 0 Å². The highest BCUT2D eigenvalue weighted by molar-refractivity contribution is 4.86. The van der Waals surface area contributed by atoms with Gasteiger partial charge in [-0.25, -0.2) is 0 Å². The van der Waals surface area contributed by atoms with Crippen LogP contribution in [0.1, 0.15) is 53.4 Å². The molecule has 0 bridgehead atoms. The number of hydrogen-bond donors (Lipinski definition) is 0. The lowest BCUT2D eigenvalue weighted by Crippen LogP contribution is -2.52. The van der Waals surface area contributed by atoms with Gasteiger partial charge in [0, 0.05) is 24.2 Å². The standard InChI is InChI=1S/C17H35N3/c1-14(2)18(5)16-6-12-20(13-7-16)17-8-10-19(11-9-17)15(3)4/h14-17H,6-13H2,1-5H3. The Kier molecular flexibility index (Phi) is 5.88. The van der Waals surface area contributed by atoms with Crippen LogP contribution in [0.3, 0.4) is 0 Å². The molecule has 0 aliphatic carbocycles. The highest BCUT2D eigenvalue weighted by atomic mass is 15.2. The zero-order valence-corrected chi connectivity index (χ0v) is 14.3. The Morgan fingerprint density at radius 3 is 1.85 bits per heavy atom. The van der Waals surface area contributed by atoms with E-state index in [1.54, 1.807) is 0 Å². The summed E-state index contributed by atoms with van der Waals surface area (Å²) in [6, 6.07) is 3.07. The molecule has 0 atom stereocenters. The second kappa shape index (κ2) is 7.24. The molecule has 0 aromatic carbocycles. The van der Waals surface area contributed by atoms with E-state index in [4.69, 9.17) is 0 Å². The fraction of sp³-hybridized carbons (Fsp3) is 1.00. The van der Waals surface area contributed by atoms with Gasteiger partial charge in [-0.3, -0.25) is 0 Å². The lowest BCUT2D eigenvalue weighted by Gasteiger charge is -2.44. The molecule has 0 saturated carbocycles. The van der Waals surface area contributed by atoms with Crippen molar-refractivity contribution in [1.29, 1.82) is 0 Å². The molecule has 0 amide bonds. The van der Waals surface area contributed by atoms with Crippen LogP contribution < -0.4 is 0 Å². The van der Waals surface area contributed by atoms with Gasteiger partial charge in [-0.15, -0.1) is 0 Å². The molecular formula is C17H35N3. The maximum absolute atomic E-state index is 2.78. The van der Waals surface area contributed by atoms with Crippen molar-refractivity contribution >= 4 is 0 Å². The van der Waals surface area contributed by atoms with Crippen molar-refractivity contribution in [2.45, 2.75) is 77.5 Å². The van der Waals surface area contributed by atoms with Crippen molar-refractivity contribution in [2.24, 2.45) is 0 Å². The Morgan fingerprint density at radius 2 is 1.40 bits per heavy atom.